The van der Waals surface area contributed by atoms with E-state index < -0.39 is 0 Å². The Morgan fingerprint density at radius 3 is 3.06 bits per heavy atom. The van der Waals surface area contributed by atoms with Crippen LogP contribution in [-0.2, 0) is 22.5 Å². The SMILES string of the molecule is CCc1nc2sc(COCOC)cc2c(=O)[nH]1. The standard InChI is InChI=1S/C11H14N2O3S/c1-3-9-12-10(14)8-4-7(5-16-6-15-2)17-11(8)13-9/h4H,3,5-6H2,1-2H3,(H,12,13,14). The van der Waals surface area contributed by atoms with Gasteiger partial charge in [0.25, 0.3) is 5.56 Å². The number of methoxy groups -OCH3 is 1. The first kappa shape index (κ1) is 12.2. The highest BCUT2D eigenvalue weighted by atomic mass is 32.1. The summed E-state index contributed by atoms with van der Waals surface area (Å²) in [6.45, 7) is 2.65. The molecule has 0 saturated heterocycles. The quantitative estimate of drug-likeness (QED) is 0.651. The number of nitrogens with zero attached hydrogens (tertiary/aromatic N) is 1. The monoisotopic (exact) mass is 254 g/mol. The van der Waals surface area contributed by atoms with Crippen LogP contribution in [0.2, 0.25) is 0 Å². The molecule has 6 heteroatoms. The summed E-state index contributed by atoms with van der Waals surface area (Å²) in [7, 11) is 1.57. The molecule has 0 aliphatic carbocycles. The number of ether oxygens (including phenoxy) is 2. The van der Waals surface area contributed by atoms with Crippen molar-refractivity contribution in [3.8, 4) is 0 Å². The number of hydrogen-bond donors (Lipinski definition) is 1. The Bertz CT molecular complexity index is 561. The van der Waals surface area contributed by atoms with E-state index in [2.05, 4.69) is 9.97 Å². The minimum atomic E-state index is -0.0823. The fraction of sp³-hybridized carbons (Fsp3) is 0.455. The topological polar surface area (TPSA) is 64.2 Å². The molecule has 0 aromatic carbocycles. The van der Waals surface area contributed by atoms with Gasteiger partial charge >= 0.3 is 0 Å². The highest BCUT2D eigenvalue weighted by molar-refractivity contribution is 7.18. The molecule has 0 atom stereocenters. The maximum atomic E-state index is 11.7. The van der Waals surface area contributed by atoms with Crippen LogP contribution in [0.25, 0.3) is 10.2 Å². The molecule has 0 saturated carbocycles. The van der Waals surface area contributed by atoms with E-state index in [1.165, 1.54) is 11.3 Å². The first-order valence-electron chi connectivity index (χ1n) is 5.33. The van der Waals surface area contributed by atoms with Crippen LogP contribution < -0.4 is 5.56 Å². The maximum Gasteiger partial charge on any atom is 0.259 e. The summed E-state index contributed by atoms with van der Waals surface area (Å²) in [5.41, 5.74) is -0.0823. The van der Waals surface area contributed by atoms with Gasteiger partial charge in [-0.2, -0.15) is 0 Å². The van der Waals surface area contributed by atoms with Crippen molar-refractivity contribution in [3.63, 3.8) is 0 Å². The van der Waals surface area contributed by atoms with Crippen LogP contribution in [0.5, 0.6) is 0 Å². The van der Waals surface area contributed by atoms with E-state index in [0.29, 0.717) is 17.8 Å². The molecule has 0 amide bonds. The number of aromatic amines is 1. The molecule has 17 heavy (non-hydrogen) atoms. The van der Waals surface area contributed by atoms with E-state index >= 15 is 0 Å². The smallest absolute Gasteiger partial charge is 0.259 e. The first-order chi connectivity index (χ1) is 8.24. The Hall–Kier alpha value is -1.24. The molecule has 0 radical (unpaired) electrons. The van der Waals surface area contributed by atoms with Crippen LogP contribution in [0.1, 0.15) is 17.6 Å². The lowest BCUT2D eigenvalue weighted by Gasteiger charge is -1.98. The third kappa shape index (κ3) is 2.71. The fourth-order valence-electron chi connectivity index (χ4n) is 1.49. The summed E-state index contributed by atoms with van der Waals surface area (Å²) in [5, 5.41) is 0.628. The number of aryl methyl sites for hydroxylation is 1. The Morgan fingerprint density at radius 2 is 2.35 bits per heavy atom. The number of aromatic nitrogens is 2. The van der Waals surface area contributed by atoms with Gasteiger partial charge in [0.1, 0.15) is 17.4 Å². The van der Waals surface area contributed by atoms with Crippen molar-refractivity contribution < 1.29 is 9.47 Å². The van der Waals surface area contributed by atoms with Gasteiger partial charge in [0.05, 0.1) is 12.0 Å². The lowest BCUT2D eigenvalue weighted by atomic mass is 10.3. The average molecular weight is 254 g/mol. The van der Waals surface area contributed by atoms with Gasteiger partial charge in [-0.1, -0.05) is 6.92 Å². The molecular weight excluding hydrogens is 240 g/mol. The zero-order chi connectivity index (χ0) is 12.3. The second-order valence-electron chi connectivity index (χ2n) is 3.55. The minimum absolute atomic E-state index is 0.0823. The van der Waals surface area contributed by atoms with Crippen LogP contribution in [0.15, 0.2) is 10.9 Å². The normalized spacial score (nSPS) is 11.2. The van der Waals surface area contributed by atoms with Crippen molar-refractivity contribution in [3.05, 3.63) is 27.1 Å². The Labute approximate surface area is 102 Å². The summed E-state index contributed by atoms with van der Waals surface area (Å²) in [5.74, 6) is 0.716. The van der Waals surface area contributed by atoms with E-state index in [1.54, 1.807) is 7.11 Å². The highest BCUT2D eigenvalue weighted by Gasteiger charge is 2.08. The van der Waals surface area contributed by atoms with E-state index in [1.807, 2.05) is 13.0 Å². The van der Waals surface area contributed by atoms with Gasteiger partial charge in [0.2, 0.25) is 0 Å². The second kappa shape index (κ2) is 5.39. The van der Waals surface area contributed by atoms with Crippen LogP contribution in [0.3, 0.4) is 0 Å². The zero-order valence-electron chi connectivity index (χ0n) is 9.78. The third-order valence-corrected chi connectivity index (χ3v) is 3.29. The summed E-state index contributed by atoms with van der Waals surface area (Å²) >= 11 is 1.48. The lowest BCUT2D eigenvalue weighted by molar-refractivity contribution is -0.0381. The average Bonchev–Trinajstić information content (AvgIpc) is 2.72. The second-order valence-corrected chi connectivity index (χ2v) is 4.67. The van der Waals surface area contributed by atoms with Crippen molar-refractivity contribution in [1.29, 1.82) is 0 Å². The number of thiophene rings is 1. The van der Waals surface area contributed by atoms with E-state index in [9.17, 15) is 4.79 Å². The molecule has 5 nitrogen and oxygen atoms in total. The minimum Gasteiger partial charge on any atom is -0.359 e. The first-order valence-corrected chi connectivity index (χ1v) is 6.14. The van der Waals surface area contributed by atoms with Crippen LogP contribution in [0, 0.1) is 0 Å². The van der Waals surface area contributed by atoms with Gasteiger partial charge in [-0.05, 0) is 6.07 Å². The van der Waals surface area contributed by atoms with Crippen molar-refractivity contribution in [2.75, 3.05) is 13.9 Å². The van der Waals surface area contributed by atoms with E-state index in [0.717, 1.165) is 16.1 Å². The van der Waals surface area contributed by atoms with E-state index in [4.69, 9.17) is 9.47 Å². The molecule has 0 bridgehead atoms. The molecule has 1 N–H and O–H groups in total. The van der Waals surface area contributed by atoms with Crippen LogP contribution in [-0.4, -0.2) is 23.9 Å². The van der Waals surface area contributed by atoms with Gasteiger partial charge in [0.15, 0.2) is 0 Å². The molecule has 0 aliphatic rings. The largest absolute Gasteiger partial charge is 0.359 e. The molecule has 0 aliphatic heterocycles. The molecule has 0 unspecified atom stereocenters. The zero-order valence-corrected chi connectivity index (χ0v) is 10.6. The summed E-state index contributed by atoms with van der Waals surface area (Å²) < 4.78 is 10.0. The summed E-state index contributed by atoms with van der Waals surface area (Å²) in [6.07, 6.45) is 0.721. The number of H-pyrrole nitrogens is 1. The number of nitrogens with one attached hydrogen (secondary N) is 1. The van der Waals surface area contributed by atoms with Gasteiger partial charge in [-0.15, -0.1) is 11.3 Å². The molecular formula is C11H14N2O3S. The predicted octanol–water partition coefficient (Wildman–Crippen LogP) is 1.67. The lowest BCUT2D eigenvalue weighted by Crippen LogP contribution is -2.09. The van der Waals surface area contributed by atoms with Crippen LogP contribution >= 0.6 is 11.3 Å². The molecule has 0 spiro atoms. The molecule has 2 heterocycles. The van der Waals surface area contributed by atoms with Crippen LogP contribution in [0.4, 0.5) is 0 Å². The molecule has 0 fully saturated rings. The molecule has 2 aromatic heterocycles. The highest BCUT2D eigenvalue weighted by Crippen LogP contribution is 2.21. The molecule has 92 valence electrons. The van der Waals surface area contributed by atoms with Crippen molar-refractivity contribution in [2.24, 2.45) is 0 Å². The fourth-order valence-corrected chi connectivity index (χ4v) is 2.47. The summed E-state index contributed by atoms with van der Waals surface area (Å²) in [4.78, 5) is 20.6. The summed E-state index contributed by atoms with van der Waals surface area (Å²) in [6, 6.07) is 1.82. The van der Waals surface area contributed by atoms with Gasteiger partial charge in [0, 0.05) is 18.4 Å². The maximum absolute atomic E-state index is 11.7. The Kier molecular flexibility index (Phi) is 3.88. The van der Waals surface area contributed by atoms with Gasteiger partial charge in [-0.3, -0.25) is 4.79 Å². The van der Waals surface area contributed by atoms with Crippen molar-refractivity contribution in [1.82, 2.24) is 9.97 Å². The number of hydrogen-bond acceptors (Lipinski definition) is 5. The Balaban J connectivity index is 2.30. The number of rotatable bonds is 5. The van der Waals surface area contributed by atoms with Gasteiger partial charge < -0.3 is 14.5 Å². The van der Waals surface area contributed by atoms with Crippen molar-refractivity contribution in [2.45, 2.75) is 20.0 Å². The van der Waals surface area contributed by atoms with Gasteiger partial charge in [-0.25, -0.2) is 4.98 Å². The number of fused-ring (bicyclic) bond motifs is 1. The predicted molar refractivity (Wildman–Crippen MR) is 66.3 cm³/mol. The van der Waals surface area contributed by atoms with Crippen molar-refractivity contribution >= 4 is 21.6 Å². The van der Waals surface area contributed by atoms with E-state index in [-0.39, 0.29) is 12.4 Å². The molecule has 2 rings (SSSR count). The third-order valence-electron chi connectivity index (χ3n) is 2.28. The molecule has 2 aromatic rings. The Morgan fingerprint density at radius 1 is 1.53 bits per heavy atom.